The van der Waals surface area contributed by atoms with Crippen molar-refractivity contribution in [2.45, 2.75) is 96.4 Å². The quantitative estimate of drug-likeness (QED) is 0.441. The normalized spacial score (nSPS) is 23.9. The first-order valence-electron chi connectivity index (χ1n) is 14.8. The number of esters is 1. The number of carbonyl (C=O) groups is 3. The second-order valence-corrected chi connectivity index (χ2v) is 11.0. The van der Waals surface area contributed by atoms with Crippen LogP contribution in [0.3, 0.4) is 0 Å². The van der Waals surface area contributed by atoms with E-state index in [1.54, 1.807) is 11.9 Å². The topological polar surface area (TPSA) is 84.9 Å². The zero-order valence-corrected chi connectivity index (χ0v) is 24.3. The lowest BCUT2D eigenvalue weighted by Crippen LogP contribution is -2.47. The van der Waals surface area contributed by atoms with E-state index in [4.69, 9.17) is 9.47 Å². The summed E-state index contributed by atoms with van der Waals surface area (Å²) < 4.78 is 12.0. The van der Waals surface area contributed by atoms with Gasteiger partial charge in [0, 0.05) is 25.8 Å². The van der Waals surface area contributed by atoms with Crippen LogP contribution in [-0.2, 0) is 36.9 Å². The van der Waals surface area contributed by atoms with Gasteiger partial charge in [-0.2, -0.15) is 0 Å². The Morgan fingerprint density at radius 1 is 0.925 bits per heavy atom. The molecule has 2 amide bonds. The van der Waals surface area contributed by atoms with E-state index in [1.807, 2.05) is 67.6 Å². The van der Waals surface area contributed by atoms with Crippen molar-refractivity contribution in [2.75, 3.05) is 13.7 Å². The fourth-order valence-electron chi connectivity index (χ4n) is 5.22. The number of rotatable bonds is 8. The third-order valence-corrected chi connectivity index (χ3v) is 7.59. The van der Waals surface area contributed by atoms with Gasteiger partial charge in [-0.1, -0.05) is 87.4 Å². The number of likely N-dealkylation sites (N-methyl/N-ethyl adjacent to an activating group) is 1. The molecule has 1 aliphatic heterocycles. The summed E-state index contributed by atoms with van der Waals surface area (Å²) in [4.78, 5) is 41.3. The second kappa shape index (κ2) is 16.8. The van der Waals surface area contributed by atoms with E-state index in [1.165, 1.54) is 0 Å². The van der Waals surface area contributed by atoms with Gasteiger partial charge in [-0.15, -0.1) is 0 Å². The molecule has 2 aromatic rings. The number of nitrogens with zero attached hydrogens (tertiary/aromatic N) is 1. The highest BCUT2D eigenvalue weighted by Gasteiger charge is 2.32. The largest absolute Gasteiger partial charge is 0.461 e. The van der Waals surface area contributed by atoms with Crippen LogP contribution in [0.1, 0.15) is 76.3 Å². The second-order valence-electron chi connectivity index (χ2n) is 11.0. The van der Waals surface area contributed by atoms with E-state index >= 15 is 0 Å². The van der Waals surface area contributed by atoms with E-state index in [0.717, 1.165) is 36.8 Å². The number of hydrogen-bond acceptors (Lipinski definition) is 5. The van der Waals surface area contributed by atoms with Gasteiger partial charge in [0.15, 0.2) is 0 Å². The Labute approximate surface area is 239 Å². The molecule has 0 aliphatic carbocycles. The maximum absolute atomic E-state index is 13.5. The van der Waals surface area contributed by atoms with Gasteiger partial charge in [-0.3, -0.25) is 9.59 Å². The predicted octanol–water partition coefficient (Wildman–Crippen LogP) is 5.46. The van der Waals surface area contributed by atoms with E-state index in [2.05, 4.69) is 12.2 Å². The van der Waals surface area contributed by atoms with Crippen molar-refractivity contribution in [1.82, 2.24) is 10.2 Å². The molecule has 3 rings (SSSR count). The first-order chi connectivity index (χ1) is 19.4. The lowest BCUT2D eigenvalue weighted by molar-refractivity contribution is -0.160. The van der Waals surface area contributed by atoms with Crippen molar-refractivity contribution < 1.29 is 23.9 Å². The molecule has 1 N–H and O–H groups in total. The molecule has 1 fully saturated rings. The molecular formula is C33H46N2O5. The van der Waals surface area contributed by atoms with Gasteiger partial charge < -0.3 is 19.7 Å². The molecule has 4 atom stereocenters. The molecule has 40 heavy (non-hydrogen) atoms. The summed E-state index contributed by atoms with van der Waals surface area (Å²) >= 11 is 0. The lowest BCUT2D eigenvalue weighted by atomic mass is 9.98. The van der Waals surface area contributed by atoms with Crippen molar-refractivity contribution in [3.63, 3.8) is 0 Å². The SMILES string of the molecule is CCC[C@@H]1CCCC(=O)N[C@@H](COCc2ccccc2)CCC[C@@H](C)C(=O)N(C)[C@@H](Cc2ccccc2)C(=O)O1. The lowest BCUT2D eigenvalue weighted by Gasteiger charge is -2.31. The van der Waals surface area contributed by atoms with Gasteiger partial charge in [-0.05, 0) is 43.2 Å². The highest BCUT2D eigenvalue weighted by molar-refractivity contribution is 5.85. The van der Waals surface area contributed by atoms with Crippen molar-refractivity contribution in [2.24, 2.45) is 5.92 Å². The van der Waals surface area contributed by atoms with E-state index in [-0.39, 0.29) is 35.8 Å². The van der Waals surface area contributed by atoms with Crippen LogP contribution in [0.2, 0.25) is 0 Å². The fraction of sp³-hybridized carbons (Fsp3) is 0.545. The van der Waals surface area contributed by atoms with Gasteiger partial charge in [0.25, 0.3) is 0 Å². The summed E-state index contributed by atoms with van der Waals surface area (Å²) in [5.41, 5.74) is 2.07. The molecule has 1 aliphatic rings. The van der Waals surface area contributed by atoms with Crippen LogP contribution in [-0.4, -0.2) is 54.5 Å². The molecule has 7 heteroatoms. The molecule has 0 radical (unpaired) electrons. The van der Waals surface area contributed by atoms with Gasteiger partial charge >= 0.3 is 5.97 Å². The minimum Gasteiger partial charge on any atom is -0.461 e. The molecule has 2 aromatic carbocycles. The summed E-state index contributed by atoms with van der Waals surface area (Å²) in [6.07, 6.45) is 5.41. The van der Waals surface area contributed by atoms with Crippen LogP contribution in [0.25, 0.3) is 0 Å². The standard InChI is InChI=1S/C33H46N2O5/c1-4-13-29-20-12-21-31(36)34-28(24-39-23-27-17-9-6-10-18-27)19-11-14-25(2)32(37)35(3)30(33(38)40-29)22-26-15-7-5-8-16-26/h5-10,15-18,25,28-30H,4,11-14,19-24H2,1-3H3,(H,34,36)/t25-,28-,29-,30+/m1/s1. The number of nitrogens with one attached hydrogen (secondary N) is 1. The zero-order valence-electron chi connectivity index (χ0n) is 24.3. The Bertz CT molecular complexity index is 1050. The average Bonchev–Trinajstić information content (AvgIpc) is 2.95. The minimum atomic E-state index is -0.702. The third-order valence-electron chi connectivity index (χ3n) is 7.59. The van der Waals surface area contributed by atoms with Crippen molar-refractivity contribution in [3.05, 3.63) is 71.8 Å². The molecule has 0 bridgehead atoms. The Kier molecular flexibility index (Phi) is 13.2. The number of carbonyl (C=O) groups excluding carboxylic acids is 3. The molecule has 218 valence electrons. The van der Waals surface area contributed by atoms with E-state index < -0.39 is 6.04 Å². The van der Waals surface area contributed by atoms with Crippen molar-refractivity contribution >= 4 is 17.8 Å². The average molecular weight is 551 g/mol. The molecule has 7 nitrogen and oxygen atoms in total. The van der Waals surface area contributed by atoms with Crippen LogP contribution in [0.15, 0.2) is 60.7 Å². The van der Waals surface area contributed by atoms with Crippen LogP contribution >= 0.6 is 0 Å². The van der Waals surface area contributed by atoms with Crippen LogP contribution in [0.5, 0.6) is 0 Å². The highest BCUT2D eigenvalue weighted by atomic mass is 16.5. The number of cyclic esters (lactones) is 1. The number of amides is 2. The molecule has 0 aromatic heterocycles. The smallest absolute Gasteiger partial charge is 0.329 e. The fourth-order valence-corrected chi connectivity index (χ4v) is 5.22. The monoisotopic (exact) mass is 550 g/mol. The first kappa shape index (κ1) is 31.3. The predicted molar refractivity (Wildman–Crippen MR) is 156 cm³/mol. The first-order valence-corrected chi connectivity index (χ1v) is 14.8. The van der Waals surface area contributed by atoms with E-state index in [9.17, 15) is 14.4 Å². The third kappa shape index (κ3) is 10.4. The molecule has 0 unspecified atom stereocenters. The summed E-state index contributed by atoms with van der Waals surface area (Å²) in [5.74, 6) is -0.736. The maximum atomic E-state index is 13.5. The molecular weight excluding hydrogens is 504 g/mol. The van der Waals surface area contributed by atoms with Gasteiger partial charge in [0.2, 0.25) is 11.8 Å². The Morgan fingerprint density at radius 2 is 1.60 bits per heavy atom. The maximum Gasteiger partial charge on any atom is 0.329 e. The van der Waals surface area contributed by atoms with Crippen LogP contribution in [0.4, 0.5) is 0 Å². The summed E-state index contributed by atoms with van der Waals surface area (Å²) in [7, 11) is 1.71. The van der Waals surface area contributed by atoms with E-state index in [0.29, 0.717) is 45.3 Å². The van der Waals surface area contributed by atoms with Gasteiger partial charge in [-0.25, -0.2) is 4.79 Å². The van der Waals surface area contributed by atoms with Crippen LogP contribution in [0, 0.1) is 5.92 Å². The van der Waals surface area contributed by atoms with Crippen molar-refractivity contribution in [1.29, 1.82) is 0 Å². The molecule has 1 heterocycles. The molecule has 1 saturated heterocycles. The minimum absolute atomic E-state index is 0.0206. The Morgan fingerprint density at radius 3 is 2.27 bits per heavy atom. The van der Waals surface area contributed by atoms with Gasteiger partial charge in [0.05, 0.1) is 19.3 Å². The highest BCUT2D eigenvalue weighted by Crippen LogP contribution is 2.20. The molecule has 0 saturated carbocycles. The summed E-state index contributed by atoms with van der Waals surface area (Å²) in [6, 6.07) is 18.9. The number of hydrogen-bond donors (Lipinski definition) is 1. The number of ether oxygens (including phenoxy) is 2. The number of benzene rings is 2. The Hall–Kier alpha value is -3.19. The van der Waals surface area contributed by atoms with Crippen LogP contribution < -0.4 is 5.32 Å². The van der Waals surface area contributed by atoms with Crippen molar-refractivity contribution in [3.8, 4) is 0 Å². The Balaban J connectivity index is 1.72. The summed E-state index contributed by atoms with van der Waals surface area (Å²) in [5, 5.41) is 3.14. The summed E-state index contributed by atoms with van der Waals surface area (Å²) in [6.45, 7) is 4.86. The van der Waals surface area contributed by atoms with Gasteiger partial charge in [0.1, 0.15) is 12.1 Å². The molecule has 0 spiro atoms. The zero-order chi connectivity index (χ0) is 28.7.